The van der Waals surface area contributed by atoms with Gasteiger partial charge in [0.2, 0.25) is 5.91 Å². The molecule has 0 atom stereocenters. The van der Waals surface area contributed by atoms with Gasteiger partial charge in [-0.3, -0.25) is 9.59 Å². The van der Waals surface area contributed by atoms with Crippen LogP contribution < -0.4 is 10.2 Å². The highest BCUT2D eigenvalue weighted by Crippen LogP contribution is 2.29. The molecule has 0 bridgehead atoms. The molecule has 1 aromatic heterocycles. The topological polar surface area (TPSA) is 67.2 Å². The lowest BCUT2D eigenvalue weighted by molar-refractivity contribution is -0.115. The Morgan fingerprint density at radius 2 is 1.66 bits per heavy atom. The Morgan fingerprint density at radius 1 is 0.906 bits per heavy atom. The third-order valence-corrected chi connectivity index (χ3v) is 5.57. The minimum absolute atomic E-state index is 0.0267. The second-order valence-corrected chi connectivity index (χ2v) is 7.77. The first-order valence-corrected chi connectivity index (χ1v) is 10.6. The lowest BCUT2D eigenvalue weighted by atomic mass is 10.1. The van der Waals surface area contributed by atoms with Gasteiger partial charge in [-0.2, -0.15) is 5.10 Å². The van der Waals surface area contributed by atoms with Crippen molar-refractivity contribution in [1.82, 2.24) is 9.78 Å². The van der Waals surface area contributed by atoms with Crippen molar-refractivity contribution >= 4 is 23.2 Å². The van der Waals surface area contributed by atoms with Gasteiger partial charge < -0.3 is 10.2 Å². The maximum atomic E-state index is 12.9. The number of hydrogen-bond acceptors (Lipinski definition) is 3. The molecule has 1 N–H and O–H groups in total. The number of para-hydroxylation sites is 2. The van der Waals surface area contributed by atoms with Gasteiger partial charge in [-0.05, 0) is 60.0 Å². The van der Waals surface area contributed by atoms with Crippen LogP contribution in [0, 0.1) is 0 Å². The van der Waals surface area contributed by atoms with Gasteiger partial charge >= 0.3 is 0 Å². The van der Waals surface area contributed by atoms with E-state index in [1.165, 1.54) is 5.56 Å². The molecule has 32 heavy (non-hydrogen) atoms. The molecule has 0 aliphatic carbocycles. The fourth-order valence-electron chi connectivity index (χ4n) is 3.97. The number of carbonyl (C=O) groups excluding carboxylic acids is 2. The number of hydrogen-bond donors (Lipinski definition) is 1. The van der Waals surface area contributed by atoms with E-state index in [0.717, 1.165) is 23.4 Å². The molecule has 5 rings (SSSR count). The molecule has 4 aromatic rings. The van der Waals surface area contributed by atoms with Crippen LogP contribution in [0.25, 0.3) is 5.69 Å². The molecule has 0 unspecified atom stereocenters. The summed E-state index contributed by atoms with van der Waals surface area (Å²) >= 11 is 0. The SMILES string of the molecule is O=C(Cc1cnn(-c2ccccc2)c1)Nc1ccc(C(=O)N2CCc3ccccc32)cc1. The Balaban J connectivity index is 1.21. The van der Waals surface area contributed by atoms with E-state index in [4.69, 9.17) is 0 Å². The molecular weight excluding hydrogens is 400 g/mol. The predicted octanol–water partition coefficient (Wildman–Crippen LogP) is 4.26. The van der Waals surface area contributed by atoms with Crippen molar-refractivity contribution in [3.8, 4) is 5.69 Å². The number of anilines is 2. The number of fused-ring (bicyclic) bond motifs is 1. The third kappa shape index (κ3) is 4.03. The van der Waals surface area contributed by atoms with Crippen molar-refractivity contribution in [3.05, 3.63) is 108 Å². The Labute approximate surface area is 186 Å². The van der Waals surface area contributed by atoms with Crippen molar-refractivity contribution in [3.63, 3.8) is 0 Å². The first-order valence-electron chi connectivity index (χ1n) is 10.6. The fourth-order valence-corrected chi connectivity index (χ4v) is 3.97. The quantitative estimate of drug-likeness (QED) is 0.523. The van der Waals surface area contributed by atoms with Crippen LogP contribution in [-0.2, 0) is 17.6 Å². The highest BCUT2D eigenvalue weighted by atomic mass is 16.2. The summed E-state index contributed by atoms with van der Waals surface area (Å²) in [7, 11) is 0. The number of nitrogens with zero attached hydrogens (tertiary/aromatic N) is 3. The van der Waals surface area contributed by atoms with Gasteiger partial charge in [0, 0.05) is 29.7 Å². The van der Waals surface area contributed by atoms with Crippen LogP contribution >= 0.6 is 0 Å². The Bertz CT molecular complexity index is 1260. The van der Waals surface area contributed by atoms with Gasteiger partial charge in [0.25, 0.3) is 5.91 Å². The molecule has 3 aromatic carbocycles. The Morgan fingerprint density at radius 3 is 2.47 bits per heavy atom. The summed E-state index contributed by atoms with van der Waals surface area (Å²) in [6.45, 7) is 0.688. The van der Waals surface area contributed by atoms with Crippen molar-refractivity contribution in [2.45, 2.75) is 12.8 Å². The Kier molecular flexibility index (Phi) is 5.25. The summed E-state index contributed by atoms with van der Waals surface area (Å²) in [5, 5.41) is 7.22. The van der Waals surface area contributed by atoms with E-state index in [9.17, 15) is 9.59 Å². The molecule has 0 spiro atoms. The molecule has 0 saturated heterocycles. The Hall–Kier alpha value is -4.19. The number of carbonyl (C=O) groups is 2. The van der Waals surface area contributed by atoms with Crippen molar-refractivity contribution < 1.29 is 9.59 Å². The van der Waals surface area contributed by atoms with E-state index < -0.39 is 0 Å². The predicted molar refractivity (Wildman–Crippen MR) is 124 cm³/mol. The van der Waals surface area contributed by atoms with E-state index in [1.54, 1.807) is 35.1 Å². The lowest BCUT2D eigenvalue weighted by Gasteiger charge is -2.17. The summed E-state index contributed by atoms with van der Waals surface area (Å²) in [6.07, 6.45) is 4.64. The zero-order valence-corrected chi connectivity index (χ0v) is 17.4. The molecular formula is C26H22N4O2. The van der Waals surface area contributed by atoms with Gasteiger partial charge in [0.1, 0.15) is 0 Å². The lowest BCUT2D eigenvalue weighted by Crippen LogP contribution is -2.28. The minimum Gasteiger partial charge on any atom is -0.326 e. The van der Waals surface area contributed by atoms with Gasteiger partial charge in [-0.1, -0.05) is 36.4 Å². The normalized spacial score (nSPS) is 12.4. The van der Waals surface area contributed by atoms with Crippen LogP contribution in [0.1, 0.15) is 21.5 Å². The van der Waals surface area contributed by atoms with Crippen molar-refractivity contribution in [2.24, 2.45) is 0 Å². The van der Waals surface area contributed by atoms with E-state index >= 15 is 0 Å². The molecule has 6 nitrogen and oxygen atoms in total. The molecule has 0 fully saturated rings. The number of nitrogens with one attached hydrogen (secondary N) is 1. The van der Waals surface area contributed by atoms with Crippen LogP contribution in [0.4, 0.5) is 11.4 Å². The van der Waals surface area contributed by atoms with Gasteiger partial charge in [0.05, 0.1) is 18.3 Å². The van der Waals surface area contributed by atoms with Gasteiger partial charge in [-0.15, -0.1) is 0 Å². The number of aromatic nitrogens is 2. The van der Waals surface area contributed by atoms with Crippen LogP contribution in [0.5, 0.6) is 0 Å². The number of rotatable bonds is 5. The van der Waals surface area contributed by atoms with Crippen LogP contribution in [-0.4, -0.2) is 28.1 Å². The first kappa shape index (κ1) is 19.8. The summed E-state index contributed by atoms with van der Waals surface area (Å²) < 4.78 is 1.75. The van der Waals surface area contributed by atoms with Gasteiger partial charge in [0.15, 0.2) is 0 Å². The molecule has 0 radical (unpaired) electrons. The van der Waals surface area contributed by atoms with Gasteiger partial charge in [-0.25, -0.2) is 4.68 Å². The zero-order valence-electron chi connectivity index (χ0n) is 17.4. The largest absolute Gasteiger partial charge is 0.326 e. The molecule has 2 heterocycles. The smallest absolute Gasteiger partial charge is 0.258 e. The molecule has 1 aliphatic heterocycles. The van der Waals surface area contributed by atoms with E-state index in [1.807, 2.05) is 59.6 Å². The highest BCUT2D eigenvalue weighted by molar-refractivity contribution is 6.07. The summed E-state index contributed by atoms with van der Waals surface area (Å²) in [5.41, 5.74) is 5.20. The van der Waals surface area contributed by atoms with Crippen molar-refractivity contribution in [2.75, 3.05) is 16.8 Å². The average molecular weight is 422 g/mol. The second-order valence-electron chi connectivity index (χ2n) is 7.77. The fraction of sp³-hybridized carbons (Fsp3) is 0.115. The van der Waals surface area contributed by atoms with Crippen molar-refractivity contribution in [1.29, 1.82) is 0 Å². The molecule has 0 saturated carbocycles. The molecule has 6 heteroatoms. The molecule has 158 valence electrons. The summed E-state index contributed by atoms with van der Waals surface area (Å²) in [4.78, 5) is 27.2. The zero-order chi connectivity index (χ0) is 21.9. The monoisotopic (exact) mass is 422 g/mol. The summed E-state index contributed by atoms with van der Waals surface area (Å²) in [6, 6.07) is 24.8. The maximum Gasteiger partial charge on any atom is 0.258 e. The second kappa shape index (κ2) is 8.51. The van der Waals surface area contributed by atoms with E-state index in [0.29, 0.717) is 17.8 Å². The maximum absolute atomic E-state index is 12.9. The van der Waals surface area contributed by atoms with Crippen LogP contribution in [0.15, 0.2) is 91.3 Å². The van der Waals surface area contributed by atoms with Crippen LogP contribution in [0.2, 0.25) is 0 Å². The minimum atomic E-state index is -0.134. The summed E-state index contributed by atoms with van der Waals surface area (Å²) in [5.74, 6) is -0.161. The molecule has 1 aliphatic rings. The highest BCUT2D eigenvalue weighted by Gasteiger charge is 2.25. The number of benzene rings is 3. The first-order chi connectivity index (χ1) is 15.7. The standard InChI is InChI=1S/C26H22N4O2/c31-25(16-19-17-27-30(18-19)23-7-2-1-3-8-23)28-22-12-10-21(11-13-22)26(32)29-15-14-20-6-4-5-9-24(20)29/h1-13,17-18H,14-16H2,(H,28,31). The van der Waals surface area contributed by atoms with Crippen LogP contribution in [0.3, 0.4) is 0 Å². The number of amides is 2. The average Bonchev–Trinajstić information content (AvgIpc) is 3.47. The molecule has 2 amide bonds. The van der Waals surface area contributed by atoms with E-state index in [2.05, 4.69) is 16.5 Å². The van der Waals surface area contributed by atoms with E-state index in [-0.39, 0.29) is 18.2 Å². The third-order valence-electron chi connectivity index (χ3n) is 5.57.